The fourth-order valence-electron chi connectivity index (χ4n) is 0.783. The minimum Gasteiger partial charge on any atom is -0.390 e. The molecule has 0 spiro atoms. The Morgan fingerprint density at radius 2 is 2.18 bits per heavy atom. The highest BCUT2D eigenvalue weighted by atomic mass is 16.6. The molecular weight excluding hydrogens is 144 g/mol. The van der Waals surface area contributed by atoms with Gasteiger partial charge in [-0.2, -0.15) is 0 Å². The predicted molar refractivity (Wildman–Crippen MR) is 39.1 cm³/mol. The second-order valence-corrected chi connectivity index (χ2v) is 2.09. The summed E-state index contributed by atoms with van der Waals surface area (Å²) in [5.41, 5.74) is 1.35. The van der Waals surface area contributed by atoms with Crippen LogP contribution in [0.4, 0.5) is 0 Å². The smallest absolute Gasteiger partial charge is 0.110 e. The number of aliphatic hydroxyl groups is 1. The number of aromatic nitrogens is 1. The number of rotatable bonds is 3. The van der Waals surface area contributed by atoms with Crippen LogP contribution in [-0.2, 0) is 18.1 Å². The van der Waals surface area contributed by atoms with Crippen molar-refractivity contribution < 1.29 is 9.94 Å². The summed E-state index contributed by atoms with van der Waals surface area (Å²) >= 11 is 0. The third kappa shape index (κ3) is 2.27. The quantitative estimate of drug-likeness (QED) is 0.599. The van der Waals surface area contributed by atoms with E-state index in [0.717, 1.165) is 5.69 Å². The summed E-state index contributed by atoms with van der Waals surface area (Å²) in [7, 11) is 0. The van der Waals surface area contributed by atoms with Gasteiger partial charge in [0.25, 0.3) is 0 Å². The van der Waals surface area contributed by atoms with Crippen LogP contribution in [0.25, 0.3) is 0 Å². The minimum atomic E-state index is -0.0571. The summed E-state index contributed by atoms with van der Waals surface area (Å²) in [6.07, 6.45) is 0. The monoisotopic (exact) mass is 154 g/mol. The Labute approximate surface area is 64.6 Å². The van der Waals surface area contributed by atoms with Crippen molar-refractivity contribution in [3.63, 3.8) is 0 Å². The van der Waals surface area contributed by atoms with Crippen LogP contribution in [0.15, 0.2) is 18.2 Å². The Hall–Kier alpha value is -0.970. The van der Waals surface area contributed by atoms with Crippen molar-refractivity contribution in [3.05, 3.63) is 29.6 Å². The maximum absolute atomic E-state index is 8.70. The van der Waals surface area contributed by atoms with Crippen LogP contribution in [0.5, 0.6) is 0 Å². The molecule has 0 aliphatic carbocycles. The molecular formula is C7H10N2O2. The SMILES string of the molecule is NOCc1cccc(CO)n1. The number of hydrogen-bond donors (Lipinski definition) is 2. The molecule has 1 aromatic rings. The molecule has 0 radical (unpaired) electrons. The zero-order valence-corrected chi connectivity index (χ0v) is 6.03. The van der Waals surface area contributed by atoms with Crippen molar-refractivity contribution in [2.24, 2.45) is 5.90 Å². The van der Waals surface area contributed by atoms with E-state index < -0.39 is 0 Å². The van der Waals surface area contributed by atoms with Gasteiger partial charge in [-0.1, -0.05) is 6.07 Å². The molecule has 0 aromatic carbocycles. The summed E-state index contributed by atoms with van der Waals surface area (Å²) in [6.45, 7) is 0.215. The lowest BCUT2D eigenvalue weighted by atomic mass is 10.3. The average molecular weight is 154 g/mol. The summed E-state index contributed by atoms with van der Waals surface area (Å²) in [6, 6.07) is 5.32. The molecule has 0 amide bonds. The largest absolute Gasteiger partial charge is 0.390 e. The van der Waals surface area contributed by atoms with Gasteiger partial charge in [0.1, 0.15) is 6.61 Å². The molecule has 0 aliphatic rings. The maximum atomic E-state index is 8.70. The molecule has 3 N–H and O–H groups in total. The molecule has 0 saturated heterocycles. The fourth-order valence-corrected chi connectivity index (χ4v) is 0.783. The first-order valence-electron chi connectivity index (χ1n) is 3.24. The van der Waals surface area contributed by atoms with Gasteiger partial charge in [0.15, 0.2) is 0 Å². The first-order valence-corrected chi connectivity index (χ1v) is 3.24. The Balaban J connectivity index is 2.74. The predicted octanol–water partition coefficient (Wildman–Crippen LogP) is -0.0358. The molecule has 1 heterocycles. The van der Waals surface area contributed by atoms with Gasteiger partial charge in [0, 0.05) is 0 Å². The molecule has 1 aromatic heterocycles. The number of hydrogen-bond acceptors (Lipinski definition) is 4. The fraction of sp³-hybridized carbons (Fsp3) is 0.286. The topological polar surface area (TPSA) is 68.4 Å². The van der Waals surface area contributed by atoms with Gasteiger partial charge in [-0.05, 0) is 12.1 Å². The molecule has 0 fully saturated rings. The molecule has 4 heteroatoms. The van der Waals surface area contributed by atoms with E-state index in [0.29, 0.717) is 5.69 Å². The summed E-state index contributed by atoms with van der Waals surface area (Å²) in [5, 5.41) is 8.70. The lowest BCUT2D eigenvalue weighted by molar-refractivity contribution is 0.121. The summed E-state index contributed by atoms with van der Waals surface area (Å²) in [4.78, 5) is 8.41. The van der Waals surface area contributed by atoms with Crippen LogP contribution >= 0.6 is 0 Å². The molecule has 0 bridgehead atoms. The van der Waals surface area contributed by atoms with Gasteiger partial charge in [-0.25, -0.2) is 5.90 Å². The first kappa shape index (κ1) is 8.13. The van der Waals surface area contributed by atoms with Crippen LogP contribution in [0.2, 0.25) is 0 Å². The minimum absolute atomic E-state index is 0.0571. The lowest BCUT2D eigenvalue weighted by Gasteiger charge is -1.99. The zero-order valence-electron chi connectivity index (χ0n) is 6.03. The van der Waals surface area contributed by atoms with Gasteiger partial charge in [-0.3, -0.25) is 9.82 Å². The van der Waals surface area contributed by atoms with Crippen molar-refractivity contribution in [1.29, 1.82) is 0 Å². The van der Waals surface area contributed by atoms with E-state index in [2.05, 4.69) is 9.82 Å². The second-order valence-electron chi connectivity index (χ2n) is 2.09. The zero-order chi connectivity index (χ0) is 8.10. The number of nitrogens with two attached hydrogens (primary N) is 1. The van der Waals surface area contributed by atoms with Gasteiger partial charge >= 0.3 is 0 Å². The van der Waals surface area contributed by atoms with Gasteiger partial charge < -0.3 is 5.11 Å². The third-order valence-corrected chi connectivity index (χ3v) is 1.26. The Bertz CT molecular complexity index is 227. The molecule has 0 aliphatic heterocycles. The van der Waals surface area contributed by atoms with Gasteiger partial charge in [0.2, 0.25) is 0 Å². The van der Waals surface area contributed by atoms with E-state index in [1.807, 2.05) is 0 Å². The van der Waals surface area contributed by atoms with E-state index in [1.54, 1.807) is 18.2 Å². The van der Waals surface area contributed by atoms with E-state index in [1.165, 1.54) is 0 Å². The molecule has 0 atom stereocenters. The highest BCUT2D eigenvalue weighted by molar-refractivity contribution is 5.09. The van der Waals surface area contributed by atoms with Crippen molar-refractivity contribution >= 4 is 0 Å². The first-order chi connectivity index (χ1) is 5.36. The molecule has 4 nitrogen and oxygen atoms in total. The molecule has 11 heavy (non-hydrogen) atoms. The van der Waals surface area contributed by atoms with Crippen molar-refractivity contribution in [1.82, 2.24) is 4.98 Å². The molecule has 0 unspecified atom stereocenters. The average Bonchev–Trinajstić information content (AvgIpc) is 2.06. The van der Waals surface area contributed by atoms with E-state index in [-0.39, 0.29) is 13.2 Å². The van der Waals surface area contributed by atoms with Crippen LogP contribution < -0.4 is 5.90 Å². The molecule has 60 valence electrons. The maximum Gasteiger partial charge on any atom is 0.110 e. The summed E-state index contributed by atoms with van der Waals surface area (Å²) < 4.78 is 0. The van der Waals surface area contributed by atoms with Crippen LogP contribution in [0.3, 0.4) is 0 Å². The van der Waals surface area contributed by atoms with Crippen molar-refractivity contribution in [2.75, 3.05) is 0 Å². The van der Waals surface area contributed by atoms with Crippen molar-refractivity contribution in [2.45, 2.75) is 13.2 Å². The normalized spacial score (nSPS) is 10.0. The standard InChI is InChI=1S/C7H10N2O2/c8-11-5-7-3-1-2-6(4-10)9-7/h1-3,10H,4-5,8H2. The van der Waals surface area contributed by atoms with Crippen LogP contribution in [0.1, 0.15) is 11.4 Å². The van der Waals surface area contributed by atoms with Gasteiger partial charge in [0.05, 0.1) is 18.0 Å². The highest BCUT2D eigenvalue weighted by Gasteiger charge is 1.94. The number of aliphatic hydroxyl groups excluding tert-OH is 1. The lowest BCUT2D eigenvalue weighted by Crippen LogP contribution is -2.02. The van der Waals surface area contributed by atoms with E-state index in [9.17, 15) is 0 Å². The van der Waals surface area contributed by atoms with E-state index >= 15 is 0 Å². The highest BCUT2D eigenvalue weighted by Crippen LogP contribution is 1.99. The third-order valence-electron chi connectivity index (χ3n) is 1.26. The second kappa shape index (κ2) is 4.02. The number of nitrogens with zero attached hydrogens (tertiary/aromatic N) is 1. The van der Waals surface area contributed by atoms with E-state index in [4.69, 9.17) is 11.0 Å². The Morgan fingerprint density at radius 1 is 1.45 bits per heavy atom. The van der Waals surface area contributed by atoms with Crippen LogP contribution in [-0.4, -0.2) is 10.1 Å². The Kier molecular flexibility index (Phi) is 2.97. The number of pyridine rings is 1. The molecule has 1 rings (SSSR count). The van der Waals surface area contributed by atoms with Crippen LogP contribution in [0, 0.1) is 0 Å². The Morgan fingerprint density at radius 3 is 2.82 bits per heavy atom. The molecule has 0 saturated carbocycles. The van der Waals surface area contributed by atoms with Crippen molar-refractivity contribution in [3.8, 4) is 0 Å². The van der Waals surface area contributed by atoms with Gasteiger partial charge in [-0.15, -0.1) is 0 Å². The summed E-state index contributed by atoms with van der Waals surface area (Å²) in [5.74, 6) is 4.85.